The van der Waals surface area contributed by atoms with E-state index in [9.17, 15) is 21.6 Å². The summed E-state index contributed by atoms with van der Waals surface area (Å²) in [6, 6.07) is 10.5. The van der Waals surface area contributed by atoms with E-state index >= 15 is 0 Å². The Morgan fingerprint density at radius 2 is 1.74 bits per heavy atom. The Morgan fingerprint density at radius 3 is 2.31 bits per heavy atom. The van der Waals surface area contributed by atoms with Crippen LogP contribution < -0.4 is 19.1 Å². The van der Waals surface area contributed by atoms with Crippen molar-refractivity contribution in [1.29, 1.82) is 0 Å². The van der Waals surface area contributed by atoms with Crippen LogP contribution in [-0.2, 0) is 29.6 Å². The maximum Gasteiger partial charge on any atom is 0.246 e. The number of benzene rings is 2. The molecular weight excluding hydrogens is 498 g/mol. The van der Waals surface area contributed by atoms with Crippen LogP contribution in [0.2, 0.25) is 0 Å². The van der Waals surface area contributed by atoms with Gasteiger partial charge >= 0.3 is 0 Å². The molecule has 2 aromatic carbocycles. The van der Waals surface area contributed by atoms with Gasteiger partial charge in [0.25, 0.3) is 0 Å². The average molecular weight is 528 g/mol. The van der Waals surface area contributed by atoms with Crippen molar-refractivity contribution in [3.8, 4) is 11.5 Å². The standard InChI is InChI=1S/C22H29N3O8S2/c1-4-33-19-8-6-18(7-9-19)25(34(3,27)28)16-22(26)23-17-5-10-20(31-2)21(15-17)35(29,30)24-11-13-32-14-12-24/h5-10,15H,4,11-14,16H2,1-3H3,(H,23,26). The Morgan fingerprint density at radius 1 is 1.09 bits per heavy atom. The van der Waals surface area contributed by atoms with Gasteiger partial charge in [-0.25, -0.2) is 16.8 Å². The second-order valence-corrected chi connectivity index (χ2v) is 11.4. The van der Waals surface area contributed by atoms with Crippen LogP contribution in [0.5, 0.6) is 11.5 Å². The molecular formula is C22H29N3O8S2. The van der Waals surface area contributed by atoms with Gasteiger partial charge in [0.05, 0.1) is 38.9 Å². The van der Waals surface area contributed by atoms with Crippen LogP contribution in [-0.4, -0.2) is 79.9 Å². The molecule has 0 radical (unpaired) electrons. The normalized spacial score (nSPS) is 14.8. The highest BCUT2D eigenvalue weighted by Gasteiger charge is 2.30. The summed E-state index contributed by atoms with van der Waals surface area (Å²) in [5, 5.41) is 2.58. The maximum absolute atomic E-state index is 13.2. The molecule has 1 N–H and O–H groups in total. The van der Waals surface area contributed by atoms with Crippen LogP contribution in [0, 0.1) is 0 Å². The van der Waals surface area contributed by atoms with Crippen molar-refractivity contribution < 1.29 is 35.8 Å². The number of sulfonamides is 2. The number of hydrogen-bond acceptors (Lipinski definition) is 8. The summed E-state index contributed by atoms with van der Waals surface area (Å²) < 4.78 is 69.1. The first-order valence-electron chi connectivity index (χ1n) is 10.8. The molecule has 1 saturated heterocycles. The van der Waals surface area contributed by atoms with Gasteiger partial charge in [-0.15, -0.1) is 0 Å². The van der Waals surface area contributed by atoms with E-state index in [-0.39, 0.29) is 48.3 Å². The monoisotopic (exact) mass is 527 g/mol. The van der Waals surface area contributed by atoms with Crippen molar-refractivity contribution in [3.05, 3.63) is 42.5 Å². The first kappa shape index (κ1) is 26.7. The predicted molar refractivity (Wildman–Crippen MR) is 131 cm³/mol. The molecule has 192 valence electrons. The van der Waals surface area contributed by atoms with E-state index in [1.165, 1.54) is 29.6 Å². The first-order chi connectivity index (χ1) is 16.6. The van der Waals surface area contributed by atoms with E-state index in [0.29, 0.717) is 12.4 Å². The van der Waals surface area contributed by atoms with Crippen LogP contribution in [0.25, 0.3) is 0 Å². The lowest BCUT2D eigenvalue weighted by molar-refractivity contribution is -0.114. The van der Waals surface area contributed by atoms with Crippen LogP contribution in [0.15, 0.2) is 47.4 Å². The molecule has 1 aliphatic heterocycles. The first-order valence-corrected chi connectivity index (χ1v) is 14.1. The van der Waals surface area contributed by atoms with Crippen molar-refractivity contribution in [3.63, 3.8) is 0 Å². The number of nitrogens with one attached hydrogen (secondary N) is 1. The molecule has 1 amide bonds. The molecule has 0 atom stereocenters. The van der Waals surface area contributed by atoms with Crippen molar-refractivity contribution >= 4 is 37.3 Å². The number of rotatable bonds is 10. The zero-order valence-corrected chi connectivity index (χ0v) is 21.4. The van der Waals surface area contributed by atoms with E-state index in [2.05, 4.69) is 5.32 Å². The molecule has 0 bridgehead atoms. The van der Waals surface area contributed by atoms with Gasteiger partial charge in [0.15, 0.2) is 0 Å². The highest BCUT2D eigenvalue weighted by molar-refractivity contribution is 7.92. The summed E-state index contributed by atoms with van der Waals surface area (Å²) in [7, 11) is -6.34. The Kier molecular flexibility index (Phi) is 8.59. The van der Waals surface area contributed by atoms with Crippen molar-refractivity contribution in [1.82, 2.24) is 4.31 Å². The molecule has 11 nitrogen and oxygen atoms in total. The SMILES string of the molecule is CCOc1ccc(N(CC(=O)Nc2ccc(OC)c(S(=O)(=O)N3CCOCC3)c2)S(C)(=O)=O)cc1. The quantitative estimate of drug-likeness (QED) is 0.492. The Bertz CT molecular complexity index is 1240. The van der Waals surface area contributed by atoms with Crippen molar-refractivity contribution in [2.24, 2.45) is 0 Å². The summed E-state index contributed by atoms with van der Waals surface area (Å²) in [5.41, 5.74) is 0.471. The van der Waals surface area contributed by atoms with Crippen LogP contribution in [0.3, 0.4) is 0 Å². The number of hydrogen-bond donors (Lipinski definition) is 1. The fourth-order valence-corrected chi connectivity index (χ4v) is 5.93. The number of methoxy groups -OCH3 is 1. The summed E-state index contributed by atoms with van der Waals surface area (Å²) in [5.74, 6) is 0.0484. The molecule has 13 heteroatoms. The van der Waals surface area contributed by atoms with E-state index in [1.54, 1.807) is 24.3 Å². The molecule has 1 fully saturated rings. The van der Waals surface area contributed by atoms with Gasteiger partial charge in [-0.3, -0.25) is 9.10 Å². The molecule has 3 rings (SSSR count). The number of ether oxygens (including phenoxy) is 3. The third kappa shape index (κ3) is 6.63. The number of nitrogens with zero attached hydrogens (tertiary/aromatic N) is 2. The summed E-state index contributed by atoms with van der Waals surface area (Å²) in [6.07, 6.45) is 0.997. The number of morpholine rings is 1. The zero-order chi connectivity index (χ0) is 25.6. The van der Waals surface area contributed by atoms with E-state index in [1.807, 2.05) is 6.92 Å². The molecule has 35 heavy (non-hydrogen) atoms. The largest absolute Gasteiger partial charge is 0.495 e. The average Bonchev–Trinajstić information content (AvgIpc) is 2.83. The van der Waals surface area contributed by atoms with E-state index in [4.69, 9.17) is 14.2 Å². The molecule has 0 spiro atoms. The summed E-state index contributed by atoms with van der Waals surface area (Å²) in [4.78, 5) is 12.7. The lowest BCUT2D eigenvalue weighted by Crippen LogP contribution is -2.40. The minimum absolute atomic E-state index is 0.105. The van der Waals surface area contributed by atoms with Gasteiger partial charge in [-0.2, -0.15) is 4.31 Å². The smallest absolute Gasteiger partial charge is 0.246 e. The number of amides is 1. The lowest BCUT2D eigenvalue weighted by Gasteiger charge is -2.27. The van der Waals surface area contributed by atoms with Gasteiger partial charge < -0.3 is 19.5 Å². The zero-order valence-electron chi connectivity index (χ0n) is 19.8. The minimum Gasteiger partial charge on any atom is -0.495 e. The molecule has 2 aromatic rings. The van der Waals surface area contributed by atoms with Gasteiger partial charge in [0.1, 0.15) is 22.9 Å². The summed E-state index contributed by atoms with van der Waals surface area (Å²) in [6.45, 7) is 2.75. The van der Waals surface area contributed by atoms with Gasteiger partial charge in [-0.1, -0.05) is 0 Å². The second kappa shape index (κ2) is 11.2. The fraction of sp³-hybridized carbons (Fsp3) is 0.409. The highest BCUT2D eigenvalue weighted by atomic mass is 32.2. The predicted octanol–water partition coefficient (Wildman–Crippen LogP) is 1.52. The molecule has 0 aromatic heterocycles. The number of carbonyl (C=O) groups is 1. The molecule has 0 saturated carbocycles. The van der Waals surface area contributed by atoms with Crippen LogP contribution in [0.1, 0.15) is 6.92 Å². The number of carbonyl (C=O) groups excluding carboxylic acids is 1. The summed E-state index contributed by atoms with van der Waals surface area (Å²) >= 11 is 0. The molecule has 1 heterocycles. The molecule has 0 aliphatic carbocycles. The topological polar surface area (TPSA) is 132 Å². The maximum atomic E-state index is 13.2. The third-order valence-electron chi connectivity index (χ3n) is 5.16. The highest BCUT2D eigenvalue weighted by Crippen LogP contribution is 2.30. The van der Waals surface area contributed by atoms with Crippen molar-refractivity contribution in [2.45, 2.75) is 11.8 Å². The second-order valence-electron chi connectivity index (χ2n) is 7.63. The third-order valence-corrected chi connectivity index (χ3v) is 8.22. The van der Waals surface area contributed by atoms with E-state index < -0.39 is 32.5 Å². The van der Waals surface area contributed by atoms with Gasteiger partial charge in [0, 0.05) is 18.8 Å². The van der Waals surface area contributed by atoms with Crippen LogP contribution in [0.4, 0.5) is 11.4 Å². The number of anilines is 2. The van der Waals surface area contributed by atoms with Gasteiger partial charge in [0.2, 0.25) is 26.0 Å². The lowest BCUT2D eigenvalue weighted by atomic mass is 10.3. The Labute approximate surface area is 205 Å². The molecule has 1 aliphatic rings. The fourth-order valence-electron chi connectivity index (χ4n) is 3.49. The molecule has 0 unspecified atom stereocenters. The van der Waals surface area contributed by atoms with Crippen molar-refractivity contribution in [2.75, 3.05) is 62.4 Å². The Balaban J connectivity index is 1.82. The minimum atomic E-state index is -3.90. The van der Waals surface area contributed by atoms with Crippen LogP contribution >= 0.6 is 0 Å². The van der Waals surface area contributed by atoms with E-state index in [0.717, 1.165) is 10.6 Å². The van der Waals surface area contributed by atoms with Gasteiger partial charge in [-0.05, 0) is 49.4 Å². The Hall–Kier alpha value is -2.87.